The van der Waals surface area contributed by atoms with E-state index in [9.17, 15) is 4.79 Å². The Hall–Kier alpha value is -2.53. The molecule has 0 amide bonds. The number of rotatable bonds is 4. The lowest BCUT2D eigenvalue weighted by Crippen LogP contribution is -3.07. The zero-order valence-corrected chi connectivity index (χ0v) is 13.7. The SMILES string of the molecule is Cc1ccc(C[NH+](C)Cn2nnc3ccccc3c2=O)c(C)c1. The molecule has 0 radical (unpaired) electrons. The molecule has 5 heteroatoms. The van der Waals surface area contributed by atoms with Crippen molar-refractivity contribution in [2.75, 3.05) is 7.05 Å². The molecule has 0 aliphatic rings. The minimum atomic E-state index is -0.0874. The monoisotopic (exact) mass is 309 g/mol. The van der Waals surface area contributed by atoms with Gasteiger partial charge in [-0.2, -0.15) is 4.68 Å². The first-order valence-electron chi connectivity index (χ1n) is 7.74. The van der Waals surface area contributed by atoms with Crippen molar-refractivity contribution in [2.45, 2.75) is 27.1 Å². The van der Waals surface area contributed by atoms with Gasteiger partial charge in [0.25, 0.3) is 5.56 Å². The van der Waals surface area contributed by atoms with Crippen LogP contribution in [0.5, 0.6) is 0 Å². The molecule has 3 rings (SSSR count). The number of nitrogens with one attached hydrogen (secondary N) is 1. The average Bonchev–Trinajstić information content (AvgIpc) is 2.53. The van der Waals surface area contributed by atoms with E-state index in [1.165, 1.54) is 26.3 Å². The summed E-state index contributed by atoms with van der Waals surface area (Å²) < 4.78 is 1.45. The van der Waals surface area contributed by atoms with Gasteiger partial charge < -0.3 is 4.90 Å². The molecule has 118 valence electrons. The highest BCUT2D eigenvalue weighted by Gasteiger charge is 2.11. The molecule has 0 spiro atoms. The molecule has 0 fully saturated rings. The van der Waals surface area contributed by atoms with Crippen LogP contribution in [0, 0.1) is 13.8 Å². The maximum absolute atomic E-state index is 12.5. The van der Waals surface area contributed by atoms with Gasteiger partial charge in [-0.1, -0.05) is 41.1 Å². The second-order valence-corrected chi connectivity index (χ2v) is 6.13. The minimum Gasteiger partial charge on any atom is -0.315 e. The Morgan fingerprint density at radius 2 is 1.91 bits per heavy atom. The van der Waals surface area contributed by atoms with E-state index in [2.05, 4.69) is 49.4 Å². The first-order valence-corrected chi connectivity index (χ1v) is 7.74. The number of hydrogen-bond acceptors (Lipinski definition) is 3. The van der Waals surface area contributed by atoms with Gasteiger partial charge in [0.05, 0.1) is 12.4 Å². The summed E-state index contributed by atoms with van der Waals surface area (Å²) in [6.07, 6.45) is 0. The molecule has 1 aromatic heterocycles. The molecule has 1 atom stereocenters. The molecular weight excluding hydrogens is 288 g/mol. The minimum absolute atomic E-state index is 0.0874. The molecule has 0 aliphatic heterocycles. The van der Waals surface area contributed by atoms with Crippen LogP contribution >= 0.6 is 0 Å². The molecule has 5 nitrogen and oxygen atoms in total. The highest BCUT2D eigenvalue weighted by atomic mass is 16.1. The van der Waals surface area contributed by atoms with Crippen LogP contribution < -0.4 is 10.5 Å². The third kappa shape index (κ3) is 3.29. The summed E-state index contributed by atoms with van der Waals surface area (Å²) in [5, 5.41) is 8.80. The molecule has 3 aromatic rings. The van der Waals surface area contributed by atoms with E-state index >= 15 is 0 Å². The number of quaternary nitrogens is 1. The van der Waals surface area contributed by atoms with E-state index in [0.717, 1.165) is 6.54 Å². The average molecular weight is 309 g/mol. The van der Waals surface area contributed by atoms with Gasteiger partial charge in [0, 0.05) is 5.56 Å². The maximum Gasteiger partial charge on any atom is 0.282 e. The van der Waals surface area contributed by atoms with Crippen LogP contribution in [0.15, 0.2) is 47.3 Å². The number of benzene rings is 2. The van der Waals surface area contributed by atoms with Gasteiger partial charge in [0.2, 0.25) is 0 Å². The van der Waals surface area contributed by atoms with Crippen LogP contribution in [-0.2, 0) is 13.2 Å². The van der Waals surface area contributed by atoms with E-state index in [4.69, 9.17) is 0 Å². The van der Waals surface area contributed by atoms with E-state index in [-0.39, 0.29) is 5.56 Å². The Morgan fingerprint density at radius 1 is 1.13 bits per heavy atom. The number of aryl methyl sites for hydroxylation is 2. The summed E-state index contributed by atoms with van der Waals surface area (Å²) >= 11 is 0. The predicted octanol–water partition coefficient (Wildman–Crippen LogP) is 1.08. The van der Waals surface area contributed by atoms with Crippen LogP contribution in [0.2, 0.25) is 0 Å². The smallest absolute Gasteiger partial charge is 0.282 e. The molecule has 2 aromatic carbocycles. The molecule has 1 unspecified atom stereocenters. The van der Waals surface area contributed by atoms with Crippen LogP contribution in [0.25, 0.3) is 10.9 Å². The molecular formula is C18H21N4O+. The lowest BCUT2D eigenvalue weighted by Gasteiger charge is -2.16. The maximum atomic E-state index is 12.5. The number of hydrogen-bond donors (Lipinski definition) is 1. The second-order valence-electron chi connectivity index (χ2n) is 6.13. The molecule has 0 bridgehead atoms. The van der Waals surface area contributed by atoms with Crippen molar-refractivity contribution in [3.63, 3.8) is 0 Å². The molecule has 0 saturated carbocycles. The fourth-order valence-corrected chi connectivity index (χ4v) is 2.81. The number of nitrogens with zero attached hydrogens (tertiary/aromatic N) is 3. The summed E-state index contributed by atoms with van der Waals surface area (Å²) in [4.78, 5) is 13.7. The van der Waals surface area contributed by atoms with Crippen LogP contribution in [0.1, 0.15) is 16.7 Å². The Labute approximate surface area is 135 Å². The third-order valence-corrected chi connectivity index (χ3v) is 4.04. The summed E-state index contributed by atoms with van der Waals surface area (Å²) in [7, 11) is 2.06. The second kappa shape index (κ2) is 6.30. The topological polar surface area (TPSA) is 52.2 Å². The zero-order valence-electron chi connectivity index (χ0n) is 13.7. The van der Waals surface area contributed by atoms with Crippen molar-refractivity contribution in [2.24, 2.45) is 0 Å². The largest absolute Gasteiger partial charge is 0.315 e. The quantitative estimate of drug-likeness (QED) is 0.785. The van der Waals surface area contributed by atoms with E-state index < -0.39 is 0 Å². The lowest BCUT2D eigenvalue weighted by atomic mass is 10.1. The van der Waals surface area contributed by atoms with Gasteiger partial charge in [-0.05, 0) is 31.5 Å². The molecule has 1 heterocycles. The highest BCUT2D eigenvalue weighted by molar-refractivity contribution is 5.76. The predicted molar refractivity (Wildman–Crippen MR) is 90.3 cm³/mol. The zero-order chi connectivity index (χ0) is 16.4. The first-order chi connectivity index (χ1) is 11.0. The summed E-state index contributed by atoms with van der Waals surface area (Å²) in [5.74, 6) is 0. The van der Waals surface area contributed by atoms with Crippen LogP contribution in [-0.4, -0.2) is 22.0 Å². The van der Waals surface area contributed by atoms with Crippen molar-refractivity contribution in [3.05, 3.63) is 69.5 Å². The van der Waals surface area contributed by atoms with Gasteiger partial charge in [0.1, 0.15) is 12.1 Å². The highest BCUT2D eigenvalue weighted by Crippen LogP contribution is 2.09. The van der Waals surface area contributed by atoms with Gasteiger partial charge in [-0.15, -0.1) is 5.10 Å². The van der Waals surface area contributed by atoms with Crippen molar-refractivity contribution >= 4 is 10.9 Å². The molecule has 0 aliphatic carbocycles. The molecule has 1 N–H and O–H groups in total. The molecule has 0 saturated heterocycles. The van der Waals surface area contributed by atoms with Gasteiger partial charge in [-0.3, -0.25) is 4.79 Å². The van der Waals surface area contributed by atoms with Crippen LogP contribution in [0.4, 0.5) is 0 Å². The summed E-state index contributed by atoms with van der Waals surface area (Å²) in [6, 6.07) is 13.8. The number of aromatic nitrogens is 3. The molecule has 23 heavy (non-hydrogen) atoms. The van der Waals surface area contributed by atoms with Crippen molar-refractivity contribution in [1.29, 1.82) is 0 Å². The van der Waals surface area contributed by atoms with E-state index in [0.29, 0.717) is 17.6 Å². The lowest BCUT2D eigenvalue weighted by molar-refractivity contribution is -0.917. The fourth-order valence-electron chi connectivity index (χ4n) is 2.81. The van der Waals surface area contributed by atoms with Crippen molar-refractivity contribution in [1.82, 2.24) is 15.0 Å². The summed E-state index contributed by atoms with van der Waals surface area (Å²) in [5.41, 5.74) is 4.38. The van der Waals surface area contributed by atoms with Gasteiger partial charge in [0.15, 0.2) is 6.67 Å². The fraction of sp³-hybridized carbons (Fsp3) is 0.278. The Bertz CT molecular complexity index is 901. The van der Waals surface area contributed by atoms with Crippen LogP contribution in [0.3, 0.4) is 0 Å². The van der Waals surface area contributed by atoms with Crippen molar-refractivity contribution < 1.29 is 4.90 Å². The Kier molecular flexibility index (Phi) is 4.21. The van der Waals surface area contributed by atoms with Gasteiger partial charge >= 0.3 is 0 Å². The van der Waals surface area contributed by atoms with E-state index in [1.54, 1.807) is 12.1 Å². The van der Waals surface area contributed by atoms with Gasteiger partial charge in [-0.25, -0.2) is 0 Å². The van der Waals surface area contributed by atoms with E-state index in [1.807, 2.05) is 12.1 Å². The number of fused-ring (bicyclic) bond motifs is 1. The Balaban J connectivity index is 1.81. The normalized spacial score (nSPS) is 12.5. The standard InChI is InChI=1S/C18H20N4O/c1-13-8-9-15(14(2)10-13)11-21(3)12-22-18(23)16-6-4-5-7-17(16)19-20-22/h4-10H,11-12H2,1-3H3/p+1. The Morgan fingerprint density at radius 3 is 2.70 bits per heavy atom. The summed E-state index contributed by atoms with van der Waals surface area (Å²) in [6.45, 7) is 5.55. The first kappa shape index (κ1) is 15.4. The third-order valence-electron chi connectivity index (χ3n) is 4.04. The van der Waals surface area contributed by atoms with Crippen molar-refractivity contribution in [3.8, 4) is 0 Å².